The average Bonchev–Trinajstić information content (AvgIpc) is 2.81. The molecule has 0 atom stereocenters. The van der Waals surface area contributed by atoms with E-state index in [-0.39, 0.29) is 17.2 Å². The molecule has 0 bridgehead atoms. The molecule has 0 radical (unpaired) electrons. The number of anilines is 2. The summed E-state index contributed by atoms with van der Waals surface area (Å²) in [5, 5.41) is 13.9. The van der Waals surface area contributed by atoms with Gasteiger partial charge in [-0.2, -0.15) is 0 Å². The molecular weight excluding hydrogens is 404 g/mol. The highest BCUT2D eigenvalue weighted by Gasteiger charge is 2.18. The minimum absolute atomic E-state index is 0.0561. The molecule has 1 N–H and O–H groups in total. The lowest BCUT2D eigenvalue weighted by molar-refractivity contribution is -0.385. The van der Waals surface area contributed by atoms with E-state index in [0.29, 0.717) is 11.3 Å². The van der Waals surface area contributed by atoms with Gasteiger partial charge in [-0.05, 0) is 42.8 Å². The van der Waals surface area contributed by atoms with Crippen LogP contribution < -0.4 is 10.2 Å². The molecule has 3 aromatic carbocycles. The Morgan fingerprint density at radius 1 is 0.969 bits per heavy atom. The molecule has 1 amide bonds. The van der Waals surface area contributed by atoms with E-state index in [9.17, 15) is 14.9 Å². The van der Waals surface area contributed by atoms with E-state index < -0.39 is 4.92 Å². The van der Waals surface area contributed by atoms with Crippen molar-refractivity contribution in [3.05, 3.63) is 99.6 Å². The Bertz CT molecular complexity index is 1090. The van der Waals surface area contributed by atoms with Gasteiger partial charge >= 0.3 is 0 Å². The van der Waals surface area contributed by atoms with Crippen LogP contribution in [0, 0.1) is 17.0 Å². The van der Waals surface area contributed by atoms with Crippen LogP contribution in [0.1, 0.15) is 21.5 Å². The van der Waals surface area contributed by atoms with Crippen molar-refractivity contribution in [2.24, 2.45) is 0 Å². The number of nitro benzene ring substituents is 1. The third-order valence-corrected chi connectivity index (χ3v) is 5.78. The summed E-state index contributed by atoms with van der Waals surface area (Å²) in [4.78, 5) is 28.0. The van der Waals surface area contributed by atoms with E-state index >= 15 is 0 Å². The summed E-state index contributed by atoms with van der Waals surface area (Å²) in [5.74, 6) is -0.365. The molecule has 0 aliphatic carbocycles. The summed E-state index contributed by atoms with van der Waals surface area (Å²) in [5.41, 5.74) is 3.85. The van der Waals surface area contributed by atoms with Crippen molar-refractivity contribution >= 4 is 23.0 Å². The maximum Gasteiger partial charge on any atom is 0.273 e. The number of carbonyl (C=O) groups is 1. The fourth-order valence-electron chi connectivity index (χ4n) is 3.91. The molecule has 0 spiro atoms. The predicted octanol–water partition coefficient (Wildman–Crippen LogP) is 4.48. The van der Waals surface area contributed by atoms with Gasteiger partial charge in [-0.25, -0.2) is 0 Å². The van der Waals surface area contributed by atoms with E-state index in [1.165, 1.54) is 11.6 Å². The van der Waals surface area contributed by atoms with Gasteiger partial charge < -0.3 is 10.2 Å². The van der Waals surface area contributed by atoms with Crippen LogP contribution in [-0.2, 0) is 6.54 Å². The number of nitrogens with one attached hydrogen (secondary N) is 1. The summed E-state index contributed by atoms with van der Waals surface area (Å²) in [6, 6.07) is 22.7. The molecule has 3 aromatic rings. The highest BCUT2D eigenvalue weighted by atomic mass is 16.6. The van der Waals surface area contributed by atoms with Gasteiger partial charge in [0.2, 0.25) is 0 Å². The lowest BCUT2D eigenvalue weighted by Gasteiger charge is -2.36. The monoisotopic (exact) mass is 430 g/mol. The first-order valence-electron chi connectivity index (χ1n) is 10.7. The highest BCUT2D eigenvalue weighted by Crippen LogP contribution is 2.22. The summed E-state index contributed by atoms with van der Waals surface area (Å²) >= 11 is 0. The van der Waals surface area contributed by atoms with Gasteiger partial charge in [-0.15, -0.1) is 0 Å². The quantitative estimate of drug-likeness (QED) is 0.461. The van der Waals surface area contributed by atoms with Gasteiger partial charge in [-0.1, -0.05) is 36.4 Å². The zero-order valence-corrected chi connectivity index (χ0v) is 18.0. The molecule has 1 aliphatic rings. The van der Waals surface area contributed by atoms with Crippen LogP contribution in [0.3, 0.4) is 0 Å². The number of hydrogen-bond acceptors (Lipinski definition) is 5. The number of nitrogens with zero attached hydrogens (tertiary/aromatic N) is 3. The third kappa shape index (κ3) is 5.12. The summed E-state index contributed by atoms with van der Waals surface area (Å²) < 4.78 is 0. The molecule has 1 heterocycles. The second-order valence-corrected chi connectivity index (χ2v) is 8.01. The van der Waals surface area contributed by atoms with Gasteiger partial charge in [0.15, 0.2) is 0 Å². The van der Waals surface area contributed by atoms with Crippen molar-refractivity contribution < 1.29 is 9.72 Å². The zero-order chi connectivity index (χ0) is 22.5. The molecule has 0 aromatic heterocycles. The predicted molar refractivity (Wildman–Crippen MR) is 126 cm³/mol. The van der Waals surface area contributed by atoms with E-state index in [1.807, 2.05) is 30.3 Å². The molecule has 1 saturated heterocycles. The zero-order valence-electron chi connectivity index (χ0n) is 18.0. The molecule has 0 saturated carbocycles. The standard InChI is InChI=1S/C25H26N4O3/c1-19-7-8-21(17-24(19)29(31)32)25(30)26-22-9-11-23(12-10-22)28-15-13-27(14-16-28)18-20-5-3-2-4-6-20/h2-12,17H,13-16,18H2,1H3,(H,26,30). The maximum absolute atomic E-state index is 12.5. The minimum atomic E-state index is -0.472. The van der Waals surface area contributed by atoms with Gasteiger partial charge in [0.1, 0.15) is 0 Å². The third-order valence-electron chi connectivity index (χ3n) is 5.78. The van der Waals surface area contributed by atoms with Crippen LogP contribution in [0.2, 0.25) is 0 Å². The molecule has 1 aliphatic heterocycles. The van der Waals surface area contributed by atoms with E-state index in [1.54, 1.807) is 19.1 Å². The Kier molecular flexibility index (Phi) is 6.47. The first kappa shape index (κ1) is 21.5. The largest absolute Gasteiger partial charge is 0.369 e. The van der Waals surface area contributed by atoms with Crippen LogP contribution >= 0.6 is 0 Å². The van der Waals surface area contributed by atoms with Crippen LogP contribution in [0.4, 0.5) is 17.1 Å². The van der Waals surface area contributed by atoms with Gasteiger partial charge in [0, 0.05) is 61.3 Å². The van der Waals surface area contributed by atoms with Crippen molar-refractivity contribution in [2.45, 2.75) is 13.5 Å². The molecule has 4 rings (SSSR count). The molecule has 1 fully saturated rings. The molecule has 0 unspecified atom stereocenters. The topological polar surface area (TPSA) is 78.7 Å². The van der Waals surface area contributed by atoms with Crippen molar-refractivity contribution in [3.63, 3.8) is 0 Å². The lowest BCUT2D eigenvalue weighted by Crippen LogP contribution is -2.45. The molecule has 7 nitrogen and oxygen atoms in total. The number of piperazine rings is 1. The molecule has 7 heteroatoms. The summed E-state index contributed by atoms with van der Waals surface area (Å²) in [6.07, 6.45) is 0. The Balaban J connectivity index is 1.33. The van der Waals surface area contributed by atoms with Crippen LogP contribution in [0.15, 0.2) is 72.8 Å². The van der Waals surface area contributed by atoms with Crippen molar-refractivity contribution in [2.75, 3.05) is 36.4 Å². The number of amides is 1. The fraction of sp³-hybridized carbons (Fsp3) is 0.240. The molecule has 164 valence electrons. The van der Waals surface area contributed by atoms with Gasteiger partial charge in [0.05, 0.1) is 4.92 Å². The SMILES string of the molecule is Cc1ccc(C(=O)Nc2ccc(N3CCN(Cc4ccccc4)CC3)cc2)cc1[N+](=O)[O-]. The van der Waals surface area contributed by atoms with Gasteiger partial charge in [-0.3, -0.25) is 19.8 Å². The van der Waals surface area contributed by atoms with Gasteiger partial charge in [0.25, 0.3) is 11.6 Å². The number of benzene rings is 3. The Hall–Kier alpha value is -3.71. The number of carbonyl (C=O) groups excluding carboxylic acids is 1. The minimum Gasteiger partial charge on any atom is -0.369 e. The first-order chi connectivity index (χ1) is 15.5. The smallest absolute Gasteiger partial charge is 0.273 e. The second-order valence-electron chi connectivity index (χ2n) is 8.01. The number of hydrogen-bond donors (Lipinski definition) is 1. The number of aryl methyl sites for hydroxylation is 1. The fourth-order valence-corrected chi connectivity index (χ4v) is 3.91. The highest BCUT2D eigenvalue weighted by molar-refractivity contribution is 6.04. The van der Waals surface area contributed by atoms with Crippen molar-refractivity contribution in [1.82, 2.24) is 4.90 Å². The van der Waals surface area contributed by atoms with Crippen LogP contribution in [-0.4, -0.2) is 41.9 Å². The normalized spacial score (nSPS) is 14.2. The van der Waals surface area contributed by atoms with E-state index in [0.717, 1.165) is 38.4 Å². The van der Waals surface area contributed by atoms with Crippen molar-refractivity contribution in [1.29, 1.82) is 0 Å². The Labute approximate surface area is 187 Å². The van der Waals surface area contributed by atoms with Crippen molar-refractivity contribution in [3.8, 4) is 0 Å². The number of nitro groups is 1. The molecular formula is C25H26N4O3. The van der Waals surface area contributed by atoms with Crippen LogP contribution in [0.5, 0.6) is 0 Å². The second kappa shape index (κ2) is 9.62. The molecule has 32 heavy (non-hydrogen) atoms. The lowest BCUT2D eigenvalue weighted by atomic mass is 10.1. The Morgan fingerprint density at radius 2 is 1.66 bits per heavy atom. The first-order valence-corrected chi connectivity index (χ1v) is 10.7. The maximum atomic E-state index is 12.5. The van der Waals surface area contributed by atoms with Crippen LogP contribution in [0.25, 0.3) is 0 Å². The Morgan fingerprint density at radius 3 is 2.31 bits per heavy atom. The number of rotatable bonds is 6. The summed E-state index contributed by atoms with van der Waals surface area (Å²) in [7, 11) is 0. The summed E-state index contributed by atoms with van der Waals surface area (Å²) in [6.45, 7) is 6.52. The van der Waals surface area contributed by atoms with E-state index in [2.05, 4.69) is 39.4 Å². The average molecular weight is 431 g/mol. The van der Waals surface area contributed by atoms with E-state index in [4.69, 9.17) is 0 Å².